The first-order valence-corrected chi connectivity index (χ1v) is 4.91. The quantitative estimate of drug-likeness (QED) is 0.812. The first-order chi connectivity index (χ1) is 7.20. The van der Waals surface area contributed by atoms with E-state index < -0.39 is 0 Å². The standard InChI is InChI=1S/C12H14N2O/c1-8(13)11-5-3-9-7-10(15-2)4-6-12(9)14-11/h3-8H,13H2,1-2H3. The fraction of sp³-hybridized carbons (Fsp3) is 0.250. The molecule has 1 aromatic carbocycles. The van der Waals surface area contributed by atoms with Crippen molar-refractivity contribution in [3.8, 4) is 5.75 Å². The van der Waals surface area contributed by atoms with E-state index in [2.05, 4.69) is 4.98 Å². The monoisotopic (exact) mass is 202 g/mol. The van der Waals surface area contributed by atoms with Crippen LogP contribution in [0, 0.1) is 0 Å². The van der Waals surface area contributed by atoms with Crippen molar-refractivity contribution >= 4 is 10.9 Å². The number of nitrogens with zero attached hydrogens (tertiary/aromatic N) is 1. The average molecular weight is 202 g/mol. The van der Waals surface area contributed by atoms with Crippen LogP contribution in [0.1, 0.15) is 18.7 Å². The number of hydrogen-bond donors (Lipinski definition) is 1. The lowest BCUT2D eigenvalue weighted by Gasteiger charge is -2.06. The molecule has 1 aromatic heterocycles. The molecule has 1 heterocycles. The zero-order chi connectivity index (χ0) is 10.8. The Morgan fingerprint density at radius 1 is 1.27 bits per heavy atom. The van der Waals surface area contributed by atoms with Gasteiger partial charge in [0.15, 0.2) is 0 Å². The summed E-state index contributed by atoms with van der Waals surface area (Å²) in [5.74, 6) is 0.845. The Bertz CT molecular complexity index is 480. The van der Waals surface area contributed by atoms with Crippen molar-refractivity contribution in [1.29, 1.82) is 0 Å². The number of benzene rings is 1. The Morgan fingerprint density at radius 3 is 2.73 bits per heavy atom. The van der Waals surface area contributed by atoms with Crippen molar-refractivity contribution in [2.75, 3.05) is 7.11 Å². The summed E-state index contributed by atoms with van der Waals surface area (Å²) in [5, 5.41) is 1.07. The van der Waals surface area contributed by atoms with Gasteiger partial charge in [-0.25, -0.2) is 0 Å². The molecule has 2 N–H and O–H groups in total. The maximum atomic E-state index is 5.77. The predicted molar refractivity (Wildman–Crippen MR) is 60.9 cm³/mol. The smallest absolute Gasteiger partial charge is 0.119 e. The van der Waals surface area contributed by atoms with Crippen molar-refractivity contribution in [2.45, 2.75) is 13.0 Å². The van der Waals surface area contributed by atoms with Crippen LogP contribution in [0.4, 0.5) is 0 Å². The Balaban J connectivity index is 2.55. The van der Waals surface area contributed by atoms with Crippen LogP contribution < -0.4 is 10.5 Å². The average Bonchev–Trinajstić information content (AvgIpc) is 2.27. The van der Waals surface area contributed by atoms with Gasteiger partial charge in [0, 0.05) is 11.4 Å². The number of rotatable bonds is 2. The fourth-order valence-corrected chi connectivity index (χ4v) is 1.50. The van der Waals surface area contributed by atoms with E-state index in [0.29, 0.717) is 0 Å². The molecule has 1 atom stereocenters. The van der Waals surface area contributed by atoms with Crippen LogP contribution in [0.2, 0.25) is 0 Å². The highest BCUT2D eigenvalue weighted by Gasteiger charge is 2.03. The van der Waals surface area contributed by atoms with Crippen LogP contribution in [0.3, 0.4) is 0 Å². The van der Waals surface area contributed by atoms with E-state index >= 15 is 0 Å². The van der Waals surface area contributed by atoms with Gasteiger partial charge in [-0.3, -0.25) is 4.98 Å². The summed E-state index contributed by atoms with van der Waals surface area (Å²) in [5.41, 5.74) is 7.63. The lowest BCUT2D eigenvalue weighted by atomic mass is 10.1. The molecule has 0 spiro atoms. The molecule has 2 rings (SSSR count). The summed E-state index contributed by atoms with van der Waals surface area (Å²) in [6.45, 7) is 1.93. The highest BCUT2D eigenvalue weighted by atomic mass is 16.5. The van der Waals surface area contributed by atoms with Gasteiger partial charge in [-0.2, -0.15) is 0 Å². The number of ether oxygens (including phenoxy) is 1. The van der Waals surface area contributed by atoms with E-state index in [1.807, 2.05) is 37.3 Å². The molecule has 0 saturated carbocycles. The van der Waals surface area contributed by atoms with Gasteiger partial charge in [-0.15, -0.1) is 0 Å². The molecule has 3 nitrogen and oxygen atoms in total. The molecule has 0 aliphatic carbocycles. The van der Waals surface area contributed by atoms with E-state index in [1.54, 1.807) is 7.11 Å². The Morgan fingerprint density at radius 2 is 2.07 bits per heavy atom. The molecule has 0 aliphatic rings. The van der Waals surface area contributed by atoms with Crippen molar-refractivity contribution in [2.24, 2.45) is 5.73 Å². The SMILES string of the molecule is COc1ccc2nc(C(C)N)ccc2c1. The molecular weight excluding hydrogens is 188 g/mol. The number of aromatic nitrogens is 1. The first-order valence-electron chi connectivity index (χ1n) is 4.91. The summed E-state index contributed by atoms with van der Waals surface area (Å²) >= 11 is 0. The van der Waals surface area contributed by atoms with Gasteiger partial charge in [0.1, 0.15) is 5.75 Å². The fourth-order valence-electron chi connectivity index (χ4n) is 1.50. The van der Waals surface area contributed by atoms with E-state index in [4.69, 9.17) is 10.5 Å². The highest BCUT2D eigenvalue weighted by Crippen LogP contribution is 2.20. The molecule has 3 heteroatoms. The molecule has 2 aromatic rings. The second-order valence-corrected chi connectivity index (χ2v) is 3.58. The van der Waals surface area contributed by atoms with Gasteiger partial charge in [0.05, 0.1) is 18.3 Å². The third-order valence-electron chi connectivity index (χ3n) is 2.38. The molecule has 1 unspecified atom stereocenters. The minimum absolute atomic E-state index is 0.0310. The van der Waals surface area contributed by atoms with Crippen LogP contribution in [0.15, 0.2) is 30.3 Å². The zero-order valence-electron chi connectivity index (χ0n) is 8.90. The number of pyridine rings is 1. The molecule has 0 radical (unpaired) electrons. The zero-order valence-corrected chi connectivity index (χ0v) is 8.90. The Hall–Kier alpha value is -1.61. The number of methoxy groups -OCH3 is 1. The maximum Gasteiger partial charge on any atom is 0.119 e. The normalized spacial score (nSPS) is 12.7. The summed E-state index contributed by atoms with van der Waals surface area (Å²) in [6, 6.07) is 9.75. The minimum Gasteiger partial charge on any atom is -0.497 e. The molecule has 0 saturated heterocycles. The molecule has 0 aliphatic heterocycles. The molecule has 0 amide bonds. The van der Waals surface area contributed by atoms with Crippen molar-refractivity contribution in [3.05, 3.63) is 36.0 Å². The third-order valence-corrected chi connectivity index (χ3v) is 2.38. The van der Waals surface area contributed by atoms with Crippen molar-refractivity contribution < 1.29 is 4.74 Å². The van der Waals surface area contributed by atoms with E-state index in [1.165, 1.54) is 0 Å². The maximum absolute atomic E-state index is 5.77. The van der Waals surface area contributed by atoms with Gasteiger partial charge in [0.25, 0.3) is 0 Å². The van der Waals surface area contributed by atoms with E-state index in [-0.39, 0.29) is 6.04 Å². The number of nitrogens with two attached hydrogens (primary N) is 1. The van der Waals surface area contributed by atoms with Gasteiger partial charge >= 0.3 is 0 Å². The first kappa shape index (κ1) is 9.93. The molecule has 15 heavy (non-hydrogen) atoms. The minimum atomic E-state index is -0.0310. The van der Waals surface area contributed by atoms with Crippen LogP contribution in [0.5, 0.6) is 5.75 Å². The highest BCUT2D eigenvalue weighted by molar-refractivity contribution is 5.80. The topological polar surface area (TPSA) is 48.1 Å². The molecular formula is C12H14N2O. The molecule has 78 valence electrons. The second kappa shape index (κ2) is 3.87. The lowest BCUT2D eigenvalue weighted by molar-refractivity contribution is 0.415. The summed E-state index contributed by atoms with van der Waals surface area (Å²) in [6.07, 6.45) is 0. The predicted octanol–water partition coefficient (Wildman–Crippen LogP) is 2.26. The molecule has 0 fully saturated rings. The number of fused-ring (bicyclic) bond motifs is 1. The summed E-state index contributed by atoms with van der Waals surface area (Å²) < 4.78 is 5.15. The third kappa shape index (κ3) is 1.92. The van der Waals surface area contributed by atoms with Gasteiger partial charge in [-0.1, -0.05) is 6.07 Å². The van der Waals surface area contributed by atoms with E-state index in [9.17, 15) is 0 Å². The summed E-state index contributed by atoms with van der Waals surface area (Å²) in [7, 11) is 1.66. The van der Waals surface area contributed by atoms with Gasteiger partial charge in [0.2, 0.25) is 0 Å². The summed E-state index contributed by atoms with van der Waals surface area (Å²) in [4.78, 5) is 4.47. The van der Waals surface area contributed by atoms with Crippen molar-refractivity contribution in [3.63, 3.8) is 0 Å². The molecule has 0 bridgehead atoms. The van der Waals surface area contributed by atoms with Crippen LogP contribution >= 0.6 is 0 Å². The van der Waals surface area contributed by atoms with Gasteiger partial charge in [-0.05, 0) is 31.2 Å². The lowest BCUT2D eigenvalue weighted by Crippen LogP contribution is -2.06. The van der Waals surface area contributed by atoms with Crippen LogP contribution in [-0.4, -0.2) is 12.1 Å². The van der Waals surface area contributed by atoms with E-state index in [0.717, 1.165) is 22.3 Å². The second-order valence-electron chi connectivity index (χ2n) is 3.58. The Kier molecular flexibility index (Phi) is 2.56. The van der Waals surface area contributed by atoms with Crippen LogP contribution in [0.25, 0.3) is 10.9 Å². The van der Waals surface area contributed by atoms with Crippen molar-refractivity contribution in [1.82, 2.24) is 4.98 Å². The number of hydrogen-bond acceptors (Lipinski definition) is 3. The van der Waals surface area contributed by atoms with Crippen LogP contribution in [-0.2, 0) is 0 Å². The largest absolute Gasteiger partial charge is 0.497 e. The van der Waals surface area contributed by atoms with Gasteiger partial charge < -0.3 is 10.5 Å². The Labute approximate surface area is 88.9 Å².